The molecule has 31 heavy (non-hydrogen) atoms. The van der Waals surface area contributed by atoms with Crippen LogP contribution in [0.4, 0.5) is 11.5 Å². The summed E-state index contributed by atoms with van der Waals surface area (Å²) in [4.78, 5) is 31.5. The van der Waals surface area contributed by atoms with Crippen LogP contribution in [0.15, 0.2) is 24.3 Å². The number of nitrogens with one attached hydrogen (secondary N) is 2. The molecule has 1 fully saturated rings. The van der Waals surface area contributed by atoms with Crippen molar-refractivity contribution in [2.24, 2.45) is 11.8 Å². The highest BCUT2D eigenvalue weighted by atomic mass is 16.2. The van der Waals surface area contributed by atoms with Crippen molar-refractivity contribution in [1.82, 2.24) is 10.3 Å². The number of hydrogen-bond acceptors (Lipinski definition) is 4. The lowest BCUT2D eigenvalue weighted by Crippen LogP contribution is -2.39. The minimum absolute atomic E-state index is 0.0862. The third-order valence-corrected chi connectivity index (χ3v) is 6.08. The van der Waals surface area contributed by atoms with E-state index >= 15 is 0 Å². The van der Waals surface area contributed by atoms with E-state index in [4.69, 9.17) is 4.98 Å². The van der Waals surface area contributed by atoms with Gasteiger partial charge >= 0.3 is 0 Å². The molecule has 0 bridgehead atoms. The summed E-state index contributed by atoms with van der Waals surface area (Å²) in [7, 11) is 0. The molecule has 1 aromatic heterocycles. The molecule has 1 aliphatic heterocycles. The monoisotopic (exact) mass is 424 g/mol. The standard InChI is InChI=1S/C25H36N4O2/c1-6-19(5)26-24(30)9-10-25(31)27-20-7-8-22-21(13-20)18(4)12-23(28-22)29-14-16(2)11-17(3)15-29/h7-8,12-13,16-17,19H,6,9-11,14-15H2,1-5H3,(H,26,30)(H,27,31)/t16-,17+,19-/m0/s1. The molecule has 2 aromatic rings. The van der Waals surface area contributed by atoms with Crippen molar-refractivity contribution < 1.29 is 9.59 Å². The number of anilines is 2. The van der Waals surface area contributed by atoms with Crippen molar-refractivity contribution in [2.75, 3.05) is 23.3 Å². The quantitative estimate of drug-likeness (QED) is 0.678. The molecule has 2 N–H and O–H groups in total. The van der Waals surface area contributed by atoms with Crippen LogP contribution in [0.25, 0.3) is 10.9 Å². The molecule has 6 nitrogen and oxygen atoms in total. The van der Waals surface area contributed by atoms with Gasteiger partial charge < -0.3 is 15.5 Å². The number of rotatable bonds is 7. The molecule has 3 rings (SSSR count). The average Bonchev–Trinajstić information content (AvgIpc) is 2.71. The second kappa shape index (κ2) is 10.1. The first kappa shape index (κ1) is 23.0. The highest BCUT2D eigenvalue weighted by Gasteiger charge is 2.23. The molecule has 0 spiro atoms. The second-order valence-electron chi connectivity index (χ2n) is 9.31. The van der Waals surface area contributed by atoms with Crippen LogP contribution < -0.4 is 15.5 Å². The van der Waals surface area contributed by atoms with Crippen LogP contribution in [0.2, 0.25) is 0 Å². The number of fused-ring (bicyclic) bond motifs is 1. The van der Waals surface area contributed by atoms with Crippen molar-refractivity contribution in [3.63, 3.8) is 0 Å². The van der Waals surface area contributed by atoms with Gasteiger partial charge in [-0.3, -0.25) is 9.59 Å². The Bertz CT molecular complexity index is 933. The number of aryl methyl sites for hydroxylation is 1. The molecule has 0 radical (unpaired) electrons. The largest absolute Gasteiger partial charge is 0.356 e. The Morgan fingerprint density at radius 1 is 1.13 bits per heavy atom. The first-order chi connectivity index (χ1) is 14.7. The van der Waals surface area contributed by atoms with Crippen molar-refractivity contribution >= 4 is 34.2 Å². The van der Waals surface area contributed by atoms with Gasteiger partial charge in [0.1, 0.15) is 5.82 Å². The molecule has 0 aliphatic carbocycles. The fourth-order valence-corrected chi connectivity index (χ4v) is 4.37. The van der Waals surface area contributed by atoms with Crippen LogP contribution in [-0.4, -0.2) is 35.9 Å². The lowest BCUT2D eigenvalue weighted by atomic mass is 9.92. The Morgan fingerprint density at radius 2 is 1.81 bits per heavy atom. The molecular weight excluding hydrogens is 388 g/mol. The number of piperidine rings is 1. The number of amides is 2. The zero-order valence-electron chi connectivity index (χ0n) is 19.5. The molecule has 1 aromatic carbocycles. The topological polar surface area (TPSA) is 74.3 Å². The number of hydrogen-bond donors (Lipinski definition) is 2. The van der Waals surface area contributed by atoms with Gasteiger partial charge in [0.2, 0.25) is 11.8 Å². The molecular formula is C25H36N4O2. The molecule has 0 saturated carbocycles. The van der Waals surface area contributed by atoms with Gasteiger partial charge in [-0.1, -0.05) is 20.8 Å². The van der Waals surface area contributed by atoms with Crippen LogP contribution in [0.5, 0.6) is 0 Å². The SMILES string of the molecule is CC[C@H](C)NC(=O)CCC(=O)Nc1ccc2nc(N3C[C@H](C)C[C@H](C)C3)cc(C)c2c1. The summed E-state index contributed by atoms with van der Waals surface area (Å²) in [5.41, 5.74) is 2.82. The van der Waals surface area contributed by atoms with E-state index in [1.807, 2.05) is 32.0 Å². The fraction of sp³-hybridized carbons (Fsp3) is 0.560. The summed E-state index contributed by atoms with van der Waals surface area (Å²) < 4.78 is 0. The highest BCUT2D eigenvalue weighted by Crippen LogP contribution is 2.29. The van der Waals surface area contributed by atoms with Crippen molar-refractivity contribution in [3.8, 4) is 0 Å². The Labute approximate surface area is 185 Å². The maximum atomic E-state index is 12.3. The summed E-state index contributed by atoms with van der Waals surface area (Å²) in [6.07, 6.45) is 2.51. The van der Waals surface area contributed by atoms with E-state index in [1.165, 1.54) is 6.42 Å². The Hall–Kier alpha value is -2.63. The number of benzene rings is 1. The van der Waals surface area contributed by atoms with Gasteiger partial charge in [-0.05, 0) is 68.4 Å². The lowest BCUT2D eigenvalue weighted by molar-refractivity contribution is -0.124. The minimum atomic E-state index is -0.155. The van der Waals surface area contributed by atoms with Crippen LogP contribution in [0.1, 0.15) is 58.9 Å². The predicted octanol–water partition coefficient (Wildman–Crippen LogP) is 4.66. The third-order valence-electron chi connectivity index (χ3n) is 6.08. The minimum Gasteiger partial charge on any atom is -0.356 e. The molecule has 168 valence electrons. The Kier molecular flexibility index (Phi) is 7.52. The van der Waals surface area contributed by atoms with Crippen LogP contribution >= 0.6 is 0 Å². The average molecular weight is 425 g/mol. The van der Waals surface area contributed by atoms with Crippen LogP contribution in [0, 0.1) is 18.8 Å². The first-order valence-corrected chi connectivity index (χ1v) is 11.5. The molecule has 1 aliphatic rings. The normalized spacial score (nSPS) is 19.8. The number of carbonyl (C=O) groups excluding carboxylic acids is 2. The van der Waals surface area contributed by atoms with Crippen molar-refractivity contribution in [2.45, 2.75) is 66.3 Å². The maximum absolute atomic E-state index is 12.3. The van der Waals surface area contributed by atoms with Crippen LogP contribution in [0.3, 0.4) is 0 Å². The van der Waals surface area contributed by atoms with Crippen LogP contribution in [-0.2, 0) is 9.59 Å². The maximum Gasteiger partial charge on any atom is 0.224 e. The van der Waals surface area contributed by atoms with E-state index < -0.39 is 0 Å². The Morgan fingerprint density at radius 3 is 2.48 bits per heavy atom. The number of pyridine rings is 1. The van der Waals surface area contributed by atoms with Crippen molar-refractivity contribution in [1.29, 1.82) is 0 Å². The number of nitrogens with zero attached hydrogens (tertiary/aromatic N) is 2. The summed E-state index contributed by atoms with van der Waals surface area (Å²) in [5, 5.41) is 6.84. The van der Waals surface area contributed by atoms with E-state index in [9.17, 15) is 9.59 Å². The zero-order valence-corrected chi connectivity index (χ0v) is 19.5. The molecule has 1 saturated heterocycles. The summed E-state index contributed by atoms with van der Waals surface area (Å²) in [6.45, 7) is 12.8. The molecule has 3 atom stereocenters. The lowest BCUT2D eigenvalue weighted by Gasteiger charge is -2.36. The van der Waals surface area contributed by atoms with Gasteiger partial charge in [-0.15, -0.1) is 0 Å². The van der Waals surface area contributed by atoms with E-state index in [2.05, 4.69) is 42.4 Å². The van der Waals surface area contributed by atoms with Gasteiger partial charge in [0.15, 0.2) is 0 Å². The molecule has 0 unspecified atom stereocenters. The van der Waals surface area contributed by atoms with E-state index in [-0.39, 0.29) is 30.7 Å². The molecule has 6 heteroatoms. The Balaban J connectivity index is 1.66. The van der Waals surface area contributed by atoms with Gasteiger partial charge in [0, 0.05) is 43.0 Å². The third kappa shape index (κ3) is 6.18. The van der Waals surface area contributed by atoms with E-state index in [0.29, 0.717) is 11.8 Å². The van der Waals surface area contributed by atoms with Gasteiger partial charge in [-0.2, -0.15) is 0 Å². The predicted molar refractivity (Wildman–Crippen MR) is 127 cm³/mol. The van der Waals surface area contributed by atoms with Gasteiger partial charge in [0.05, 0.1) is 5.52 Å². The number of aromatic nitrogens is 1. The summed E-state index contributed by atoms with van der Waals surface area (Å²) in [6, 6.07) is 8.11. The van der Waals surface area contributed by atoms with Gasteiger partial charge in [-0.25, -0.2) is 4.98 Å². The smallest absolute Gasteiger partial charge is 0.224 e. The first-order valence-electron chi connectivity index (χ1n) is 11.5. The molecule has 2 amide bonds. The fourth-order valence-electron chi connectivity index (χ4n) is 4.37. The van der Waals surface area contributed by atoms with E-state index in [0.717, 1.165) is 47.5 Å². The molecule has 2 heterocycles. The van der Waals surface area contributed by atoms with Crippen molar-refractivity contribution in [3.05, 3.63) is 29.8 Å². The zero-order chi connectivity index (χ0) is 22.5. The highest BCUT2D eigenvalue weighted by molar-refractivity contribution is 5.96. The summed E-state index contributed by atoms with van der Waals surface area (Å²) in [5.74, 6) is 2.14. The summed E-state index contributed by atoms with van der Waals surface area (Å²) >= 11 is 0. The van der Waals surface area contributed by atoms with E-state index in [1.54, 1.807) is 0 Å². The second-order valence-corrected chi connectivity index (χ2v) is 9.31. The van der Waals surface area contributed by atoms with Gasteiger partial charge in [0.25, 0.3) is 0 Å². The number of carbonyl (C=O) groups is 2.